The normalized spacial score (nSPS) is 10.1. The number of alkyl halides is 2. The van der Waals surface area contributed by atoms with Gasteiger partial charge < -0.3 is 4.74 Å². The Kier molecular flexibility index (Phi) is 3.81. The molecule has 3 nitrogen and oxygen atoms in total. The molecular weight excluding hydrogens is 226 g/mol. The molecule has 0 aliphatic carbocycles. The van der Waals surface area contributed by atoms with Gasteiger partial charge in [-0.3, -0.25) is 0 Å². The molecule has 0 saturated carbocycles. The lowest BCUT2D eigenvalue weighted by Gasteiger charge is -2.09. The van der Waals surface area contributed by atoms with E-state index < -0.39 is 12.1 Å². The predicted octanol–water partition coefficient (Wildman–Crippen LogP) is 2.75. The first-order valence-corrected chi connectivity index (χ1v) is 4.36. The lowest BCUT2D eigenvalue weighted by atomic mass is 10.2. The monoisotopic (exact) mass is 232 g/mol. The van der Waals surface area contributed by atoms with Crippen LogP contribution in [0.2, 0.25) is 5.15 Å². The van der Waals surface area contributed by atoms with Gasteiger partial charge in [-0.05, 0) is 0 Å². The molecule has 15 heavy (non-hydrogen) atoms. The Bertz CT molecular complexity index is 404. The Balaban J connectivity index is 3.25. The van der Waals surface area contributed by atoms with E-state index in [0.29, 0.717) is 5.56 Å². The van der Waals surface area contributed by atoms with E-state index in [1.54, 1.807) is 0 Å². The molecule has 0 aromatic carbocycles. The van der Waals surface area contributed by atoms with Crippen molar-refractivity contribution in [2.24, 2.45) is 0 Å². The van der Waals surface area contributed by atoms with Crippen LogP contribution >= 0.6 is 11.6 Å². The molecule has 1 rings (SSSR count). The van der Waals surface area contributed by atoms with Gasteiger partial charge in [0.1, 0.15) is 16.6 Å². The molecule has 1 aromatic heterocycles. The smallest absolute Gasteiger partial charge is 0.280 e. The van der Waals surface area contributed by atoms with Crippen LogP contribution in [0.25, 0.3) is 0 Å². The van der Waals surface area contributed by atoms with Gasteiger partial charge >= 0.3 is 0 Å². The average molecular weight is 233 g/mol. The Morgan fingerprint density at radius 3 is 2.80 bits per heavy atom. The zero-order valence-corrected chi connectivity index (χ0v) is 8.55. The number of halogens is 3. The van der Waals surface area contributed by atoms with Crippen LogP contribution in [0.3, 0.4) is 0 Å². The minimum absolute atomic E-state index is 0.0292. The maximum atomic E-state index is 12.3. The molecule has 0 radical (unpaired) electrons. The highest BCUT2D eigenvalue weighted by Gasteiger charge is 2.16. The van der Waals surface area contributed by atoms with Gasteiger partial charge in [0.2, 0.25) is 0 Å². The third kappa shape index (κ3) is 2.54. The summed E-state index contributed by atoms with van der Waals surface area (Å²) in [5.41, 5.74) is -0.135. The van der Waals surface area contributed by atoms with E-state index in [2.05, 4.69) is 4.98 Å². The van der Waals surface area contributed by atoms with Crippen molar-refractivity contribution in [2.45, 2.75) is 12.8 Å². The number of aromatic nitrogens is 1. The molecule has 0 atom stereocenters. The summed E-state index contributed by atoms with van der Waals surface area (Å²) in [6.45, 7) is 0. The highest BCUT2D eigenvalue weighted by molar-refractivity contribution is 6.30. The predicted molar refractivity (Wildman–Crippen MR) is 50.1 cm³/mol. The largest absolute Gasteiger partial charge is 0.496 e. The van der Waals surface area contributed by atoms with Crippen LogP contribution in [0.5, 0.6) is 5.75 Å². The van der Waals surface area contributed by atoms with Crippen LogP contribution in [0.1, 0.15) is 17.7 Å². The molecule has 1 heterocycles. The maximum Gasteiger partial charge on any atom is 0.280 e. The molecule has 80 valence electrons. The molecule has 0 aliphatic heterocycles. The SMILES string of the molecule is COc1cc(C(F)F)nc(Cl)c1CC#N. The highest BCUT2D eigenvalue weighted by atomic mass is 35.5. The molecule has 0 aliphatic rings. The first-order chi connectivity index (χ1) is 7.10. The fourth-order valence-corrected chi connectivity index (χ4v) is 1.33. The Morgan fingerprint density at radius 1 is 1.67 bits per heavy atom. The van der Waals surface area contributed by atoms with E-state index in [-0.39, 0.29) is 17.3 Å². The number of nitriles is 1. The molecule has 0 amide bonds. The summed E-state index contributed by atoms with van der Waals surface area (Å²) in [7, 11) is 1.32. The quantitative estimate of drug-likeness (QED) is 0.753. The van der Waals surface area contributed by atoms with Gasteiger partial charge in [-0.2, -0.15) is 5.26 Å². The van der Waals surface area contributed by atoms with Crippen molar-refractivity contribution in [3.8, 4) is 11.8 Å². The molecule has 6 heteroatoms. The number of pyridine rings is 1. The van der Waals surface area contributed by atoms with Crippen molar-refractivity contribution < 1.29 is 13.5 Å². The molecular formula is C9H7ClF2N2O. The maximum absolute atomic E-state index is 12.3. The minimum Gasteiger partial charge on any atom is -0.496 e. The summed E-state index contributed by atoms with van der Waals surface area (Å²) < 4.78 is 29.5. The second-order valence-corrected chi connectivity index (χ2v) is 3.01. The number of nitrogens with zero attached hydrogens (tertiary/aromatic N) is 2. The average Bonchev–Trinajstić information content (AvgIpc) is 2.20. The molecule has 1 aromatic rings. The first kappa shape index (κ1) is 11.7. The zero-order valence-electron chi connectivity index (χ0n) is 7.80. The Morgan fingerprint density at radius 2 is 2.33 bits per heavy atom. The molecule has 0 N–H and O–H groups in total. The first-order valence-electron chi connectivity index (χ1n) is 3.98. The minimum atomic E-state index is -2.72. The van der Waals surface area contributed by atoms with E-state index in [4.69, 9.17) is 21.6 Å². The van der Waals surface area contributed by atoms with Gasteiger partial charge in [0, 0.05) is 11.6 Å². The van der Waals surface area contributed by atoms with Gasteiger partial charge in [0.25, 0.3) is 6.43 Å². The summed E-state index contributed by atoms with van der Waals surface area (Å²) >= 11 is 5.66. The third-order valence-electron chi connectivity index (χ3n) is 1.75. The number of hydrogen-bond donors (Lipinski definition) is 0. The standard InChI is InChI=1S/C9H7ClF2N2O/c1-15-7-4-6(9(11)12)14-8(10)5(7)2-3-13/h4,9H,2H2,1H3. The Labute approximate surface area is 90.3 Å². The molecule has 0 saturated heterocycles. The Hall–Kier alpha value is -1.41. The van der Waals surface area contributed by atoms with Crippen molar-refractivity contribution in [3.05, 3.63) is 22.5 Å². The molecule has 0 fully saturated rings. The molecule has 0 bridgehead atoms. The second-order valence-electron chi connectivity index (χ2n) is 2.65. The topological polar surface area (TPSA) is 45.9 Å². The van der Waals surface area contributed by atoms with Gasteiger partial charge in [0.15, 0.2) is 0 Å². The van der Waals surface area contributed by atoms with Crippen molar-refractivity contribution in [1.29, 1.82) is 5.26 Å². The van der Waals surface area contributed by atoms with E-state index >= 15 is 0 Å². The van der Waals surface area contributed by atoms with Crippen molar-refractivity contribution in [2.75, 3.05) is 7.11 Å². The third-order valence-corrected chi connectivity index (χ3v) is 2.06. The van der Waals surface area contributed by atoms with Crippen molar-refractivity contribution >= 4 is 11.6 Å². The number of hydrogen-bond acceptors (Lipinski definition) is 3. The lowest BCUT2D eigenvalue weighted by Crippen LogP contribution is -1.99. The van der Waals surface area contributed by atoms with Gasteiger partial charge in [0.05, 0.1) is 19.6 Å². The number of ether oxygens (including phenoxy) is 1. The van der Waals surface area contributed by atoms with Crippen molar-refractivity contribution in [1.82, 2.24) is 4.98 Å². The van der Waals surface area contributed by atoms with Gasteiger partial charge in [-0.15, -0.1) is 0 Å². The van der Waals surface area contributed by atoms with Crippen LogP contribution < -0.4 is 4.74 Å². The van der Waals surface area contributed by atoms with E-state index in [9.17, 15) is 8.78 Å². The van der Waals surface area contributed by atoms with E-state index in [1.165, 1.54) is 7.11 Å². The number of rotatable bonds is 3. The van der Waals surface area contributed by atoms with Crippen LogP contribution in [0, 0.1) is 11.3 Å². The molecule has 0 spiro atoms. The summed E-state index contributed by atoms with van der Waals surface area (Å²) in [6.07, 6.45) is -2.74. The second kappa shape index (κ2) is 4.89. The van der Waals surface area contributed by atoms with Crippen molar-refractivity contribution in [3.63, 3.8) is 0 Å². The molecule has 0 unspecified atom stereocenters. The fraction of sp³-hybridized carbons (Fsp3) is 0.333. The van der Waals surface area contributed by atoms with Gasteiger partial charge in [-0.1, -0.05) is 11.6 Å². The summed E-state index contributed by atoms with van der Waals surface area (Å²) in [5.74, 6) is 0.159. The van der Waals surface area contributed by atoms with Crippen LogP contribution in [-0.4, -0.2) is 12.1 Å². The van der Waals surface area contributed by atoms with E-state index in [1.807, 2.05) is 6.07 Å². The number of methoxy groups -OCH3 is 1. The summed E-state index contributed by atoms with van der Waals surface area (Å²) in [6, 6.07) is 2.94. The summed E-state index contributed by atoms with van der Waals surface area (Å²) in [4.78, 5) is 3.48. The van der Waals surface area contributed by atoms with Crippen LogP contribution in [0.15, 0.2) is 6.07 Å². The van der Waals surface area contributed by atoms with Gasteiger partial charge in [-0.25, -0.2) is 13.8 Å². The summed E-state index contributed by atoms with van der Waals surface area (Å²) in [5, 5.41) is 8.38. The van der Waals surface area contributed by atoms with Crippen LogP contribution in [-0.2, 0) is 6.42 Å². The fourth-order valence-electron chi connectivity index (χ4n) is 1.07. The van der Waals surface area contributed by atoms with Crippen LogP contribution in [0.4, 0.5) is 8.78 Å². The lowest BCUT2D eigenvalue weighted by molar-refractivity contribution is 0.145. The zero-order chi connectivity index (χ0) is 11.4. The highest BCUT2D eigenvalue weighted by Crippen LogP contribution is 2.30. The van der Waals surface area contributed by atoms with E-state index in [0.717, 1.165) is 6.07 Å².